The fourth-order valence-corrected chi connectivity index (χ4v) is 4.32. The van der Waals surface area contributed by atoms with Crippen molar-refractivity contribution in [3.8, 4) is 0 Å². The highest BCUT2D eigenvalue weighted by molar-refractivity contribution is 5.97. The number of hydrogen-bond acceptors (Lipinski definition) is 7. The van der Waals surface area contributed by atoms with Gasteiger partial charge in [-0.3, -0.25) is 9.48 Å². The quantitative estimate of drug-likeness (QED) is 0.346. The molecule has 1 amide bonds. The number of halogens is 1. The summed E-state index contributed by atoms with van der Waals surface area (Å²) in [6.07, 6.45) is 2.67. The number of carbonyl (C=O) groups excluding carboxylic acids is 1. The molecule has 5 N–H and O–H groups in total. The summed E-state index contributed by atoms with van der Waals surface area (Å²) in [5, 5.41) is 21.6. The number of aliphatic hydroxyl groups is 1. The second-order valence-corrected chi connectivity index (χ2v) is 8.61. The number of benzene rings is 2. The molecule has 4 aromatic rings. The fraction of sp³-hybridized carbons (Fsp3) is 0.250. The van der Waals surface area contributed by atoms with Crippen LogP contribution in [-0.4, -0.2) is 36.9 Å². The molecule has 34 heavy (non-hydrogen) atoms. The van der Waals surface area contributed by atoms with Gasteiger partial charge in [0.05, 0.1) is 35.1 Å². The van der Waals surface area contributed by atoms with Gasteiger partial charge in [-0.15, -0.1) is 0 Å². The van der Waals surface area contributed by atoms with Crippen molar-refractivity contribution in [2.45, 2.75) is 38.5 Å². The molecule has 0 unspecified atom stereocenters. The van der Waals surface area contributed by atoms with Gasteiger partial charge < -0.3 is 21.5 Å². The molecule has 2 atom stereocenters. The zero-order chi connectivity index (χ0) is 24.0. The van der Waals surface area contributed by atoms with Crippen molar-refractivity contribution in [3.63, 3.8) is 0 Å². The van der Waals surface area contributed by atoms with E-state index in [2.05, 4.69) is 25.7 Å². The van der Waals surface area contributed by atoms with Crippen LogP contribution in [0.2, 0.25) is 0 Å². The number of nitrogens with one attached hydrogen (secondary N) is 2. The number of aromatic nitrogens is 4. The Kier molecular flexibility index (Phi) is 5.37. The van der Waals surface area contributed by atoms with Crippen LogP contribution < -0.4 is 16.4 Å². The van der Waals surface area contributed by atoms with Crippen LogP contribution in [0.3, 0.4) is 0 Å². The molecule has 2 heterocycles. The Morgan fingerprint density at radius 2 is 2.06 bits per heavy atom. The normalized spacial score (nSPS) is 17.2. The largest absolute Gasteiger partial charge is 0.390 e. The Morgan fingerprint density at radius 3 is 2.82 bits per heavy atom. The number of aliphatic hydroxyl groups excluding tert-OH is 1. The van der Waals surface area contributed by atoms with Gasteiger partial charge in [0.15, 0.2) is 0 Å². The number of primary amides is 1. The topological polar surface area (TPSA) is 131 Å². The molecule has 174 valence electrons. The van der Waals surface area contributed by atoms with Crippen LogP contribution in [0.4, 0.5) is 21.8 Å². The minimum atomic E-state index is -0.719. The van der Waals surface area contributed by atoms with E-state index in [1.54, 1.807) is 16.9 Å². The summed E-state index contributed by atoms with van der Waals surface area (Å²) in [5.41, 5.74) is 8.45. The Morgan fingerprint density at radius 1 is 1.26 bits per heavy atom. The molecule has 9 nitrogen and oxygen atoms in total. The Balaban J connectivity index is 1.50. The highest BCUT2D eigenvalue weighted by Crippen LogP contribution is 2.35. The average molecular weight is 462 g/mol. The van der Waals surface area contributed by atoms with E-state index in [0.717, 1.165) is 16.6 Å². The maximum Gasteiger partial charge on any atom is 0.254 e. The summed E-state index contributed by atoms with van der Waals surface area (Å²) in [6, 6.07) is 10.3. The number of carbonyl (C=O) groups is 1. The molecule has 1 aliphatic carbocycles. The molecule has 0 fully saturated rings. The Bertz CT molecular complexity index is 1400. The molecular weight excluding hydrogens is 437 g/mol. The monoisotopic (exact) mass is 461 g/mol. The number of amides is 1. The van der Waals surface area contributed by atoms with Gasteiger partial charge in [-0.2, -0.15) is 10.1 Å². The van der Waals surface area contributed by atoms with Crippen LogP contribution in [0.15, 0.2) is 48.8 Å². The number of rotatable bonds is 6. The van der Waals surface area contributed by atoms with Crippen molar-refractivity contribution >= 4 is 34.3 Å². The third-order valence-electron chi connectivity index (χ3n) is 5.97. The van der Waals surface area contributed by atoms with Crippen LogP contribution in [0, 0.1) is 5.82 Å². The van der Waals surface area contributed by atoms with E-state index in [1.807, 2.05) is 38.1 Å². The third kappa shape index (κ3) is 3.81. The molecular formula is C24H24FN7O2. The lowest BCUT2D eigenvalue weighted by molar-refractivity contribution is 0.1000. The maximum atomic E-state index is 14.8. The number of hydrogen-bond donors (Lipinski definition) is 4. The van der Waals surface area contributed by atoms with Crippen molar-refractivity contribution in [3.05, 3.63) is 71.3 Å². The molecule has 0 radical (unpaired) electrons. The number of anilines is 3. The summed E-state index contributed by atoms with van der Waals surface area (Å²) in [6.45, 7) is 3.98. The van der Waals surface area contributed by atoms with Gasteiger partial charge in [-0.25, -0.2) is 9.37 Å². The molecule has 0 spiro atoms. The lowest BCUT2D eigenvalue weighted by atomic mass is 10.1. The predicted molar refractivity (Wildman–Crippen MR) is 126 cm³/mol. The smallest absolute Gasteiger partial charge is 0.254 e. The molecule has 2 aromatic carbocycles. The van der Waals surface area contributed by atoms with Crippen molar-refractivity contribution in [1.29, 1.82) is 0 Å². The van der Waals surface area contributed by atoms with E-state index >= 15 is 0 Å². The van der Waals surface area contributed by atoms with Crippen molar-refractivity contribution in [2.24, 2.45) is 5.73 Å². The summed E-state index contributed by atoms with van der Waals surface area (Å²) >= 11 is 0. The van der Waals surface area contributed by atoms with Crippen LogP contribution in [0.25, 0.3) is 10.9 Å². The van der Waals surface area contributed by atoms with Gasteiger partial charge in [-0.05, 0) is 37.1 Å². The van der Waals surface area contributed by atoms with E-state index in [-0.39, 0.29) is 29.1 Å². The minimum Gasteiger partial charge on any atom is -0.390 e. The minimum absolute atomic E-state index is 0.0657. The van der Waals surface area contributed by atoms with Crippen molar-refractivity contribution in [2.75, 3.05) is 10.6 Å². The summed E-state index contributed by atoms with van der Waals surface area (Å²) < 4.78 is 16.6. The second kappa shape index (κ2) is 8.38. The molecule has 10 heteroatoms. The molecule has 2 aromatic heterocycles. The Labute approximate surface area is 194 Å². The van der Waals surface area contributed by atoms with Crippen LogP contribution in [-0.2, 0) is 6.42 Å². The molecule has 0 bridgehead atoms. The first-order valence-corrected chi connectivity index (χ1v) is 10.9. The highest BCUT2D eigenvalue weighted by atomic mass is 19.1. The first-order chi connectivity index (χ1) is 16.3. The molecule has 0 saturated heterocycles. The summed E-state index contributed by atoms with van der Waals surface area (Å²) in [7, 11) is 0. The van der Waals surface area contributed by atoms with E-state index in [0.29, 0.717) is 11.8 Å². The SMILES string of the molecule is CC(C)n1ncc2cc(F)c(Nc3ncc(C(N)=O)c(N[C@H]4c5ccccc5C[C@H]4O)n3)cc21. The molecule has 5 rings (SSSR count). The maximum absolute atomic E-state index is 14.8. The van der Waals surface area contributed by atoms with E-state index < -0.39 is 23.9 Å². The van der Waals surface area contributed by atoms with Gasteiger partial charge >= 0.3 is 0 Å². The lowest BCUT2D eigenvalue weighted by Crippen LogP contribution is -2.24. The summed E-state index contributed by atoms with van der Waals surface area (Å²) in [5.74, 6) is -0.988. The first kappa shape index (κ1) is 21.8. The van der Waals surface area contributed by atoms with E-state index in [9.17, 15) is 14.3 Å². The lowest BCUT2D eigenvalue weighted by Gasteiger charge is -2.20. The van der Waals surface area contributed by atoms with Gasteiger partial charge in [0, 0.05) is 24.0 Å². The van der Waals surface area contributed by atoms with E-state index in [1.165, 1.54) is 12.3 Å². The van der Waals surface area contributed by atoms with Crippen molar-refractivity contribution < 1.29 is 14.3 Å². The first-order valence-electron chi connectivity index (χ1n) is 10.9. The standard InChI is InChI=1S/C24H24FN7O2/c1-12(2)32-19-9-18(17(25)7-14(19)10-28-32)29-24-27-11-16(22(26)34)23(31-24)30-21-15-6-4-3-5-13(15)8-20(21)33/h3-7,9-12,20-21,33H,8H2,1-2H3,(H2,26,34)(H2,27,29,30,31)/t20-,21+/m1/s1. The number of nitrogens with zero attached hydrogens (tertiary/aromatic N) is 4. The highest BCUT2D eigenvalue weighted by Gasteiger charge is 2.32. The summed E-state index contributed by atoms with van der Waals surface area (Å²) in [4.78, 5) is 20.6. The van der Waals surface area contributed by atoms with E-state index in [4.69, 9.17) is 5.73 Å². The Hall–Kier alpha value is -4.05. The molecule has 1 aliphatic rings. The van der Waals surface area contributed by atoms with Gasteiger partial charge in [0.2, 0.25) is 5.95 Å². The van der Waals surface area contributed by atoms with Crippen LogP contribution in [0.1, 0.15) is 47.4 Å². The van der Waals surface area contributed by atoms with Gasteiger partial charge in [0.25, 0.3) is 5.91 Å². The van der Waals surface area contributed by atoms with Gasteiger partial charge in [0.1, 0.15) is 11.6 Å². The van der Waals surface area contributed by atoms with Crippen LogP contribution >= 0.6 is 0 Å². The zero-order valence-electron chi connectivity index (χ0n) is 18.7. The van der Waals surface area contributed by atoms with Gasteiger partial charge in [-0.1, -0.05) is 24.3 Å². The second-order valence-electron chi connectivity index (χ2n) is 8.61. The third-order valence-corrected chi connectivity index (χ3v) is 5.97. The fourth-order valence-electron chi connectivity index (χ4n) is 4.32. The zero-order valence-corrected chi connectivity index (χ0v) is 18.7. The molecule has 0 saturated carbocycles. The number of fused-ring (bicyclic) bond motifs is 2. The number of nitrogens with two attached hydrogens (primary N) is 1. The molecule has 0 aliphatic heterocycles. The van der Waals surface area contributed by atoms with Crippen molar-refractivity contribution in [1.82, 2.24) is 19.7 Å². The predicted octanol–water partition coefficient (Wildman–Crippen LogP) is 3.46. The van der Waals surface area contributed by atoms with Crippen LogP contribution in [0.5, 0.6) is 0 Å². The average Bonchev–Trinajstić information content (AvgIpc) is 3.34.